The Bertz CT molecular complexity index is 238. The highest BCUT2D eigenvalue weighted by Gasteiger charge is 2.24. The number of rotatable bonds is 6. The van der Waals surface area contributed by atoms with E-state index in [1.54, 1.807) is 6.33 Å². The normalized spacial score (nSPS) is 11.6. The average Bonchev–Trinajstić information content (AvgIpc) is 2.74. The van der Waals surface area contributed by atoms with Crippen LogP contribution < -0.4 is 5.32 Å². The van der Waals surface area contributed by atoms with Crippen molar-refractivity contribution in [3.05, 3.63) is 6.33 Å². The van der Waals surface area contributed by atoms with E-state index in [1.165, 1.54) is 11.5 Å². The van der Waals surface area contributed by atoms with E-state index in [0.717, 1.165) is 24.5 Å². The third-order valence-electron chi connectivity index (χ3n) is 2.76. The maximum Gasteiger partial charge on any atom is 0.202 e. The van der Waals surface area contributed by atoms with Crippen LogP contribution in [0.2, 0.25) is 0 Å². The van der Waals surface area contributed by atoms with Crippen LogP contribution in [0.25, 0.3) is 0 Å². The molecule has 0 spiro atoms. The van der Waals surface area contributed by atoms with Gasteiger partial charge in [0, 0.05) is 29.4 Å². The molecule has 0 fully saturated rings. The van der Waals surface area contributed by atoms with Crippen molar-refractivity contribution in [1.82, 2.24) is 9.36 Å². The van der Waals surface area contributed by atoms with Gasteiger partial charge in [-0.25, -0.2) is 4.98 Å². The van der Waals surface area contributed by atoms with Crippen molar-refractivity contribution < 1.29 is 0 Å². The second kappa shape index (κ2) is 5.51. The summed E-state index contributed by atoms with van der Waals surface area (Å²) in [6, 6.07) is 0. The minimum Gasteiger partial charge on any atom is -0.360 e. The second-order valence-electron chi connectivity index (χ2n) is 3.44. The van der Waals surface area contributed by atoms with Crippen LogP contribution >= 0.6 is 23.1 Å². The van der Waals surface area contributed by atoms with Crippen LogP contribution in [-0.4, -0.2) is 21.8 Å². The summed E-state index contributed by atoms with van der Waals surface area (Å²) in [7, 11) is 0. The summed E-state index contributed by atoms with van der Waals surface area (Å²) < 4.78 is 3.94. The minimum absolute atomic E-state index is 0.188. The number of halogens is 1. The van der Waals surface area contributed by atoms with Gasteiger partial charge in [-0.1, -0.05) is 13.8 Å². The molecule has 1 heterocycles. The summed E-state index contributed by atoms with van der Waals surface area (Å²) in [5.41, 5.74) is 0.188. The van der Waals surface area contributed by atoms with Gasteiger partial charge in [0.25, 0.3) is 0 Å². The maximum atomic E-state index is 5.99. The number of anilines is 1. The summed E-state index contributed by atoms with van der Waals surface area (Å²) >= 11 is 7.37. The predicted molar refractivity (Wildman–Crippen MR) is 62.1 cm³/mol. The van der Waals surface area contributed by atoms with Crippen molar-refractivity contribution >= 4 is 28.3 Å². The fourth-order valence-electron chi connectivity index (χ4n) is 1.25. The Kier molecular flexibility index (Phi) is 4.62. The fourth-order valence-corrected chi connectivity index (χ4v) is 2.15. The van der Waals surface area contributed by atoms with Crippen molar-refractivity contribution in [2.75, 3.05) is 17.7 Å². The molecule has 0 aliphatic carbocycles. The van der Waals surface area contributed by atoms with Crippen LogP contribution in [0.15, 0.2) is 6.33 Å². The van der Waals surface area contributed by atoms with Crippen LogP contribution in [-0.2, 0) is 0 Å². The molecule has 1 aromatic heterocycles. The lowest BCUT2D eigenvalue weighted by Gasteiger charge is -2.29. The standard InChI is InChI=1S/C9H16ClN3S/c1-3-9(4-2,5-10)6-11-8-12-7-13-14-8/h7H,3-6H2,1-2H3,(H,11,12,13). The molecule has 0 radical (unpaired) electrons. The van der Waals surface area contributed by atoms with Crippen molar-refractivity contribution in [1.29, 1.82) is 0 Å². The molecule has 3 nitrogen and oxygen atoms in total. The lowest BCUT2D eigenvalue weighted by Crippen LogP contribution is -2.30. The van der Waals surface area contributed by atoms with E-state index in [0.29, 0.717) is 5.88 Å². The first-order valence-corrected chi connectivity index (χ1v) is 6.13. The Morgan fingerprint density at radius 2 is 2.21 bits per heavy atom. The highest BCUT2D eigenvalue weighted by atomic mass is 35.5. The van der Waals surface area contributed by atoms with Crippen LogP contribution in [0.4, 0.5) is 5.13 Å². The molecule has 0 aliphatic heterocycles. The number of aromatic nitrogens is 2. The van der Waals surface area contributed by atoms with Crippen molar-refractivity contribution in [2.24, 2.45) is 5.41 Å². The van der Waals surface area contributed by atoms with Gasteiger partial charge in [0.15, 0.2) is 0 Å². The third-order valence-corrected chi connectivity index (χ3v) is 3.95. The highest BCUT2D eigenvalue weighted by molar-refractivity contribution is 7.09. The topological polar surface area (TPSA) is 37.8 Å². The molecule has 1 aromatic rings. The van der Waals surface area contributed by atoms with Crippen LogP contribution in [0, 0.1) is 5.41 Å². The molecule has 14 heavy (non-hydrogen) atoms. The van der Waals surface area contributed by atoms with E-state index in [2.05, 4.69) is 28.5 Å². The lowest BCUT2D eigenvalue weighted by molar-refractivity contribution is 0.327. The quantitative estimate of drug-likeness (QED) is 0.768. The largest absolute Gasteiger partial charge is 0.360 e. The molecule has 0 saturated heterocycles. The first-order chi connectivity index (χ1) is 6.76. The monoisotopic (exact) mass is 233 g/mol. The first kappa shape index (κ1) is 11.7. The smallest absolute Gasteiger partial charge is 0.202 e. The van der Waals surface area contributed by atoms with E-state index >= 15 is 0 Å². The highest BCUT2D eigenvalue weighted by Crippen LogP contribution is 2.28. The number of nitrogens with zero attached hydrogens (tertiary/aromatic N) is 2. The van der Waals surface area contributed by atoms with Crippen molar-refractivity contribution in [3.63, 3.8) is 0 Å². The van der Waals surface area contributed by atoms with Gasteiger partial charge in [-0.05, 0) is 12.8 Å². The van der Waals surface area contributed by atoms with E-state index in [1.807, 2.05) is 0 Å². The lowest BCUT2D eigenvalue weighted by atomic mass is 9.84. The van der Waals surface area contributed by atoms with E-state index in [-0.39, 0.29) is 5.41 Å². The minimum atomic E-state index is 0.188. The molecule has 0 aliphatic rings. The summed E-state index contributed by atoms with van der Waals surface area (Å²) in [4.78, 5) is 4.08. The van der Waals surface area contributed by atoms with Crippen molar-refractivity contribution in [3.8, 4) is 0 Å². The molecule has 0 unspecified atom stereocenters. The van der Waals surface area contributed by atoms with E-state index in [4.69, 9.17) is 11.6 Å². The third kappa shape index (κ3) is 2.82. The van der Waals surface area contributed by atoms with E-state index in [9.17, 15) is 0 Å². The molecule has 5 heteroatoms. The zero-order chi connectivity index (χ0) is 10.4. The summed E-state index contributed by atoms with van der Waals surface area (Å²) in [6.07, 6.45) is 3.73. The van der Waals surface area contributed by atoms with Crippen LogP contribution in [0.5, 0.6) is 0 Å². The zero-order valence-electron chi connectivity index (χ0n) is 8.59. The van der Waals surface area contributed by atoms with Gasteiger partial charge < -0.3 is 5.32 Å². The molecule has 0 saturated carbocycles. The van der Waals surface area contributed by atoms with Gasteiger partial charge in [-0.15, -0.1) is 11.6 Å². The Balaban J connectivity index is 2.48. The number of nitrogens with one attached hydrogen (secondary N) is 1. The molecule has 1 N–H and O–H groups in total. The molecule has 0 aromatic carbocycles. The van der Waals surface area contributed by atoms with Gasteiger partial charge in [0.2, 0.25) is 5.13 Å². The molecular formula is C9H16ClN3S. The van der Waals surface area contributed by atoms with Gasteiger partial charge >= 0.3 is 0 Å². The van der Waals surface area contributed by atoms with Gasteiger partial charge in [-0.2, -0.15) is 4.37 Å². The summed E-state index contributed by atoms with van der Waals surface area (Å²) in [6.45, 7) is 5.22. The Morgan fingerprint density at radius 3 is 2.64 bits per heavy atom. The molecule has 80 valence electrons. The molecule has 0 atom stereocenters. The molecule has 0 bridgehead atoms. The Labute approximate surface area is 94.1 Å². The van der Waals surface area contributed by atoms with Crippen LogP contribution in [0.1, 0.15) is 26.7 Å². The first-order valence-electron chi connectivity index (χ1n) is 4.83. The Hall–Kier alpha value is -0.350. The summed E-state index contributed by atoms with van der Waals surface area (Å²) in [5.74, 6) is 0.686. The van der Waals surface area contributed by atoms with Crippen LogP contribution in [0.3, 0.4) is 0 Å². The fraction of sp³-hybridized carbons (Fsp3) is 0.778. The molecule has 0 amide bonds. The maximum absolute atomic E-state index is 5.99. The molecule has 1 rings (SSSR count). The zero-order valence-corrected chi connectivity index (χ0v) is 10.2. The average molecular weight is 234 g/mol. The van der Waals surface area contributed by atoms with Crippen molar-refractivity contribution in [2.45, 2.75) is 26.7 Å². The molecular weight excluding hydrogens is 218 g/mol. The van der Waals surface area contributed by atoms with E-state index < -0.39 is 0 Å². The predicted octanol–water partition coefficient (Wildman–Crippen LogP) is 3.00. The Morgan fingerprint density at radius 1 is 1.50 bits per heavy atom. The number of hydrogen-bond acceptors (Lipinski definition) is 4. The SMILES string of the molecule is CCC(CC)(CCl)CNc1ncns1. The summed E-state index contributed by atoms with van der Waals surface area (Å²) in [5, 5.41) is 4.16. The van der Waals surface area contributed by atoms with Gasteiger partial charge in [0.1, 0.15) is 6.33 Å². The van der Waals surface area contributed by atoms with Gasteiger partial charge in [-0.3, -0.25) is 0 Å². The number of hydrogen-bond donors (Lipinski definition) is 1. The number of alkyl halides is 1. The second-order valence-corrected chi connectivity index (χ2v) is 4.49. The van der Waals surface area contributed by atoms with Gasteiger partial charge in [0.05, 0.1) is 0 Å².